The number of ether oxygens (including phenoxy) is 2. The molecule has 2 aliphatic rings. The van der Waals surface area contributed by atoms with Gasteiger partial charge >= 0.3 is 0 Å². The molecule has 1 fully saturated rings. The molecule has 0 aromatic heterocycles. The Kier molecular flexibility index (Phi) is 2.71. The van der Waals surface area contributed by atoms with E-state index in [-0.39, 0.29) is 0 Å². The average Bonchev–Trinajstić information content (AvgIpc) is 2.70. The summed E-state index contributed by atoms with van der Waals surface area (Å²) in [4.78, 5) is 0. The Morgan fingerprint density at radius 1 is 1.29 bits per heavy atom. The van der Waals surface area contributed by atoms with Crippen LogP contribution >= 0.6 is 11.8 Å². The second kappa shape index (κ2) is 4.10. The summed E-state index contributed by atoms with van der Waals surface area (Å²) < 4.78 is 11.0. The maximum Gasteiger partial charge on any atom is 0.161 e. The van der Waals surface area contributed by atoms with Gasteiger partial charge in [0.25, 0.3) is 0 Å². The molecule has 0 bridgehead atoms. The zero-order valence-electron chi connectivity index (χ0n) is 9.81. The Morgan fingerprint density at radius 2 is 2.06 bits per heavy atom. The third-order valence-electron chi connectivity index (χ3n) is 3.31. The highest BCUT2D eigenvalue weighted by Gasteiger charge is 2.38. The predicted molar refractivity (Wildman–Crippen MR) is 67.9 cm³/mol. The van der Waals surface area contributed by atoms with Crippen LogP contribution in [0, 0.1) is 0 Å². The molecule has 0 spiro atoms. The minimum absolute atomic E-state index is 0.508. The van der Waals surface area contributed by atoms with Gasteiger partial charge in [-0.3, -0.25) is 0 Å². The molecule has 1 N–H and O–H groups in total. The molecule has 0 aliphatic carbocycles. The molecule has 1 aromatic carbocycles. The van der Waals surface area contributed by atoms with E-state index in [1.165, 1.54) is 0 Å². The maximum atomic E-state index is 10.6. The van der Waals surface area contributed by atoms with Gasteiger partial charge in [-0.1, -0.05) is 13.0 Å². The summed E-state index contributed by atoms with van der Waals surface area (Å²) in [5.41, 5.74) is 0.235. The Labute approximate surface area is 105 Å². The summed E-state index contributed by atoms with van der Waals surface area (Å²) in [7, 11) is 0. The molecular formula is C13H16O3S. The smallest absolute Gasteiger partial charge is 0.161 e. The lowest BCUT2D eigenvalue weighted by molar-refractivity contribution is 0.0604. The van der Waals surface area contributed by atoms with Gasteiger partial charge in [0.2, 0.25) is 0 Å². The maximum absolute atomic E-state index is 10.6. The Bertz CT molecular complexity index is 435. The van der Waals surface area contributed by atoms with Gasteiger partial charge in [0.15, 0.2) is 11.5 Å². The van der Waals surface area contributed by atoms with Gasteiger partial charge in [0.1, 0.15) is 13.2 Å². The number of aliphatic hydroxyl groups is 1. The van der Waals surface area contributed by atoms with Crippen molar-refractivity contribution in [2.24, 2.45) is 0 Å². The SMILES string of the molecule is CC1CC(O)(c2ccc3c(c2)OCCO3)CS1. The van der Waals surface area contributed by atoms with Crippen LogP contribution in [0.5, 0.6) is 11.5 Å². The zero-order chi connectivity index (χ0) is 11.9. The lowest BCUT2D eigenvalue weighted by Gasteiger charge is -2.25. The van der Waals surface area contributed by atoms with Gasteiger partial charge in [-0.15, -0.1) is 0 Å². The number of fused-ring (bicyclic) bond motifs is 1. The minimum atomic E-state index is -0.708. The standard InChI is InChI=1S/C13H16O3S/c1-9-7-13(14,8-17-9)10-2-3-11-12(6-10)16-5-4-15-11/h2-3,6,9,14H,4-5,7-8H2,1H3. The van der Waals surface area contributed by atoms with Crippen LogP contribution in [-0.4, -0.2) is 29.3 Å². The van der Waals surface area contributed by atoms with Crippen molar-refractivity contribution in [2.75, 3.05) is 19.0 Å². The second-order valence-electron chi connectivity index (χ2n) is 4.72. The molecule has 2 heterocycles. The molecule has 2 atom stereocenters. The number of hydrogen-bond acceptors (Lipinski definition) is 4. The molecule has 0 saturated carbocycles. The Hall–Kier alpha value is -0.870. The third-order valence-corrected chi connectivity index (χ3v) is 4.69. The monoisotopic (exact) mass is 252 g/mol. The molecule has 1 saturated heterocycles. The largest absolute Gasteiger partial charge is 0.486 e. The lowest BCUT2D eigenvalue weighted by atomic mass is 9.91. The molecule has 3 rings (SSSR count). The lowest BCUT2D eigenvalue weighted by Crippen LogP contribution is -2.26. The van der Waals surface area contributed by atoms with Crippen LogP contribution in [0.1, 0.15) is 18.9 Å². The highest BCUT2D eigenvalue weighted by Crippen LogP contribution is 2.43. The molecule has 2 aliphatic heterocycles. The van der Waals surface area contributed by atoms with Crippen molar-refractivity contribution in [1.29, 1.82) is 0 Å². The highest BCUT2D eigenvalue weighted by atomic mass is 32.2. The number of hydrogen-bond donors (Lipinski definition) is 1. The van der Waals surface area contributed by atoms with Gasteiger partial charge < -0.3 is 14.6 Å². The fourth-order valence-electron chi connectivity index (χ4n) is 2.41. The number of benzene rings is 1. The molecule has 92 valence electrons. The molecule has 0 amide bonds. The van der Waals surface area contributed by atoms with E-state index in [2.05, 4.69) is 6.92 Å². The molecule has 2 unspecified atom stereocenters. The first-order valence-corrected chi connectivity index (χ1v) is 6.96. The van der Waals surface area contributed by atoms with E-state index in [0.717, 1.165) is 29.2 Å². The van der Waals surface area contributed by atoms with Gasteiger partial charge in [0.05, 0.1) is 5.60 Å². The summed E-state index contributed by atoms with van der Waals surface area (Å²) >= 11 is 1.81. The van der Waals surface area contributed by atoms with Crippen LogP contribution in [0.3, 0.4) is 0 Å². The number of thioether (sulfide) groups is 1. The minimum Gasteiger partial charge on any atom is -0.486 e. The van der Waals surface area contributed by atoms with E-state index >= 15 is 0 Å². The summed E-state index contributed by atoms with van der Waals surface area (Å²) in [6, 6.07) is 5.77. The van der Waals surface area contributed by atoms with Crippen LogP contribution in [0.25, 0.3) is 0 Å². The molecule has 17 heavy (non-hydrogen) atoms. The van der Waals surface area contributed by atoms with Crippen LogP contribution in [-0.2, 0) is 5.60 Å². The van der Waals surface area contributed by atoms with Crippen molar-refractivity contribution >= 4 is 11.8 Å². The van der Waals surface area contributed by atoms with Crippen LogP contribution in [0.15, 0.2) is 18.2 Å². The fraction of sp³-hybridized carbons (Fsp3) is 0.538. The van der Waals surface area contributed by atoms with Gasteiger partial charge in [-0.05, 0) is 24.1 Å². The Balaban J connectivity index is 1.93. The van der Waals surface area contributed by atoms with Crippen molar-refractivity contribution in [3.05, 3.63) is 23.8 Å². The normalized spacial score (nSPS) is 31.5. The van der Waals surface area contributed by atoms with Crippen LogP contribution in [0.2, 0.25) is 0 Å². The van der Waals surface area contributed by atoms with Crippen molar-refractivity contribution in [3.8, 4) is 11.5 Å². The van der Waals surface area contributed by atoms with Crippen molar-refractivity contribution < 1.29 is 14.6 Å². The van der Waals surface area contributed by atoms with E-state index in [9.17, 15) is 5.11 Å². The van der Waals surface area contributed by atoms with E-state index in [0.29, 0.717) is 18.5 Å². The summed E-state index contributed by atoms with van der Waals surface area (Å²) in [5, 5.41) is 11.1. The second-order valence-corrected chi connectivity index (χ2v) is 6.14. The average molecular weight is 252 g/mol. The zero-order valence-corrected chi connectivity index (χ0v) is 10.6. The molecule has 0 radical (unpaired) electrons. The topological polar surface area (TPSA) is 38.7 Å². The van der Waals surface area contributed by atoms with Crippen molar-refractivity contribution in [3.63, 3.8) is 0 Å². The van der Waals surface area contributed by atoms with Gasteiger partial charge in [0, 0.05) is 11.0 Å². The van der Waals surface area contributed by atoms with Gasteiger partial charge in [-0.2, -0.15) is 11.8 Å². The highest BCUT2D eigenvalue weighted by molar-refractivity contribution is 8.00. The predicted octanol–water partition coefficient (Wildman–Crippen LogP) is 2.17. The first kappa shape index (κ1) is 11.2. The summed E-state index contributed by atoms with van der Waals surface area (Å²) in [5.74, 6) is 2.29. The third kappa shape index (κ3) is 2.00. The quantitative estimate of drug-likeness (QED) is 0.831. The van der Waals surface area contributed by atoms with Gasteiger partial charge in [-0.25, -0.2) is 0 Å². The number of rotatable bonds is 1. The van der Waals surface area contributed by atoms with E-state index in [1.54, 1.807) is 0 Å². The van der Waals surface area contributed by atoms with Crippen LogP contribution in [0.4, 0.5) is 0 Å². The first-order valence-electron chi connectivity index (χ1n) is 5.91. The molecule has 1 aromatic rings. The van der Waals surface area contributed by atoms with Crippen molar-refractivity contribution in [1.82, 2.24) is 0 Å². The van der Waals surface area contributed by atoms with Crippen molar-refractivity contribution in [2.45, 2.75) is 24.2 Å². The molecule has 3 nitrogen and oxygen atoms in total. The van der Waals surface area contributed by atoms with E-state index in [4.69, 9.17) is 9.47 Å². The first-order chi connectivity index (χ1) is 8.17. The van der Waals surface area contributed by atoms with Crippen LogP contribution < -0.4 is 9.47 Å². The summed E-state index contributed by atoms with van der Waals surface area (Å²) in [6.45, 7) is 3.34. The Morgan fingerprint density at radius 3 is 2.76 bits per heavy atom. The molecular weight excluding hydrogens is 236 g/mol. The summed E-state index contributed by atoms with van der Waals surface area (Å²) in [6.07, 6.45) is 0.803. The van der Waals surface area contributed by atoms with E-state index < -0.39 is 5.60 Å². The molecule has 4 heteroatoms. The van der Waals surface area contributed by atoms with E-state index in [1.807, 2.05) is 30.0 Å². The fourth-order valence-corrected chi connectivity index (χ4v) is 3.65.